The van der Waals surface area contributed by atoms with E-state index in [1.54, 1.807) is 30.0 Å². The van der Waals surface area contributed by atoms with Crippen molar-refractivity contribution in [1.82, 2.24) is 0 Å². The number of thioether (sulfide) groups is 1. The van der Waals surface area contributed by atoms with E-state index in [1.807, 2.05) is 31.2 Å². The van der Waals surface area contributed by atoms with E-state index in [-0.39, 0.29) is 16.6 Å². The van der Waals surface area contributed by atoms with Gasteiger partial charge in [-0.2, -0.15) is 0 Å². The van der Waals surface area contributed by atoms with Crippen LogP contribution in [0.25, 0.3) is 0 Å². The molecule has 5 heteroatoms. The maximum Gasteiger partial charge on any atom is 0.181 e. The van der Waals surface area contributed by atoms with Crippen LogP contribution in [0.4, 0.5) is 5.69 Å². The van der Waals surface area contributed by atoms with E-state index in [9.17, 15) is 8.42 Å². The predicted octanol–water partition coefficient (Wildman–Crippen LogP) is 3.24. The van der Waals surface area contributed by atoms with Crippen LogP contribution in [0.5, 0.6) is 0 Å². The Labute approximate surface area is 129 Å². The summed E-state index contributed by atoms with van der Waals surface area (Å²) in [4.78, 5) is 1.44. The summed E-state index contributed by atoms with van der Waals surface area (Å²) in [7, 11) is -3.37. The molecule has 3 nitrogen and oxygen atoms in total. The molecule has 0 saturated carbocycles. The summed E-state index contributed by atoms with van der Waals surface area (Å²) >= 11 is 1.72. The van der Waals surface area contributed by atoms with Crippen LogP contribution in [0, 0.1) is 6.92 Å². The second-order valence-electron chi connectivity index (χ2n) is 5.37. The Kier molecular flexibility index (Phi) is 3.71. The number of fused-ring (bicyclic) bond motifs is 1. The highest BCUT2D eigenvalue weighted by molar-refractivity contribution is 7.99. The van der Waals surface area contributed by atoms with Gasteiger partial charge in [0.25, 0.3) is 0 Å². The molecule has 110 valence electrons. The molecule has 2 aromatic carbocycles. The van der Waals surface area contributed by atoms with Crippen molar-refractivity contribution in [1.29, 1.82) is 0 Å². The zero-order valence-electron chi connectivity index (χ0n) is 11.7. The van der Waals surface area contributed by atoms with E-state index in [1.165, 1.54) is 4.90 Å². The van der Waals surface area contributed by atoms with Crippen LogP contribution >= 0.6 is 11.8 Å². The first-order chi connectivity index (χ1) is 9.97. The van der Waals surface area contributed by atoms with Crippen molar-refractivity contribution in [3.05, 3.63) is 53.6 Å². The number of hydrogen-bond donors (Lipinski definition) is 1. The van der Waals surface area contributed by atoms with E-state index in [0.717, 1.165) is 16.9 Å². The molecule has 0 amide bonds. The molecule has 1 aliphatic rings. The van der Waals surface area contributed by atoms with Gasteiger partial charge in [-0.05, 0) is 36.2 Å². The highest BCUT2D eigenvalue weighted by Gasteiger charge is 2.29. The number of rotatable bonds is 3. The van der Waals surface area contributed by atoms with E-state index < -0.39 is 9.84 Å². The first-order valence-electron chi connectivity index (χ1n) is 6.78. The molecule has 0 bridgehead atoms. The molecule has 0 spiro atoms. The number of nitrogens with two attached hydrogens (primary N) is 1. The van der Waals surface area contributed by atoms with Crippen LogP contribution < -0.4 is 5.73 Å². The minimum absolute atomic E-state index is 0.0388. The summed E-state index contributed by atoms with van der Waals surface area (Å²) in [6.45, 7) is 1.90. The molecule has 2 aromatic rings. The van der Waals surface area contributed by atoms with Crippen LogP contribution in [0.15, 0.2) is 52.3 Å². The Morgan fingerprint density at radius 2 is 2.00 bits per heavy atom. The summed E-state index contributed by atoms with van der Waals surface area (Å²) in [6.07, 6.45) is 0. The topological polar surface area (TPSA) is 60.2 Å². The van der Waals surface area contributed by atoms with Crippen molar-refractivity contribution in [3.63, 3.8) is 0 Å². The first-order valence-corrected chi connectivity index (χ1v) is 9.42. The average Bonchev–Trinajstić information content (AvgIpc) is 2.81. The normalized spacial score (nSPS) is 17.7. The van der Waals surface area contributed by atoms with Crippen molar-refractivity contribution >= 4 is 27.3 Å². The van der Waals surface area contributed by atoms with Crippen LogP contribution in [0.3, 0.4) is 0 Å². The molecule has 1 unspecified atom stereocenters. The lowest BCUT2D eigenvalue weighted by Gasteiger charge is -2.13. The number of anilines is 1. The van der Waals surface area contributed by atoms with Gasteiger partial charge in [-0.15, -0.1) is 11.8 Å². The molecular weight excluding hydrogens is 302 g/mol. The Hall–Kier alpha value is -1.46. The third kappa shape index (κ3) is 2.80. The van der Waals surface area contributed by atoms with Crippen molar-refractivity contribution in [3.8, 4) is 0 Å². The Balaban J connectivity index is 1.91. The van der Waals surface area contributed by atoms with Crippen LogP contribution in [0.2, 0.25) is 0 Å². The lowest BCUT2D eigenvalue weighted by atomic mass is 10.0. The maximum atomic E-state index is 12.6. The van der Waals surface area contributed by atoms with Crippen LogP contribution in [-0.4, -0.2) is 19.9 Å². The standard InChI is InChI=1S/C16H17NO2S2/c1-11-6-7-16(14(17)8-11)21(18,19)10-12-9-20-15-5-3-2-4-13(12)15/h2-8,12H,9-10,17H2,1H3. The number of sulfone groups is 1. The van der Waals surface area contributed by atoms with Crippen molar-refractivity contribution < 1.29 is 8.42 Å². The molecule has 2 N–H and O–H groups in total. The van der Waals surface area contributed by atoms with Crippen molar-refractivity contribution in [2.24, 2.45) is 0 Å². The molecule has 1 aliphatic heterocycles. The average molecular weight is 319 g/mol. The zero-order chi connectivity index (χ0) is 15.0. The first kappa shape index (κ1) is 14.5. The highest BCUT2D eigenvalue weighted by atomic mass is 32.2. The number of aryl methyl sites for hydroxylation is 1. The van der Waals surface area contributed by atoms with Gasteiger partial charge in [-0.3, -0.25) is 0 Å². The third-order valence-corrected chi connectivity index (χ3v) is 6.85. The summed E-state index contributed by atoms with van der Waals surface area (Å²) < 4.78 is 25.3. The molecule has 1 heterocycles. The van der Waals surface area contributed by atoms with Gasteiger partial charge < -0.3 is 5.73 Å². The van der Waals surface area contributed by atoms with Gasteiger partial charge in [0, 0.05) is 16.6 Å². The zero-order valence-corrected chi connectivity index (χ0v) is 13.4. The summed E-state index contributed by atoms with van der Waals surface area (Å²) in [5.41, 5.74) is 8.34. The summed E-state index contributed by atoms with van der Waals surface area (Å²) in [5, 5.41) is 0. The van der Waals surface area contributed by atoms with Gasteiger partial charge in [0.05, 0.1) is 16.3 Å². The van der Waals surface area contributed by atoms with Crippen LogP contribution in [-0.2, 0) is 9.84 Å². The SMILES string of the molecule is Cc1ccc(S(=O)(=O)CC2CSc3ccccc32)c(N)c1. The molecule has 0 saturated heterocycles. The van der Waals surface area contributed by atoms with E-state index >= 15 is 0 Å². The molecule has 1 atom stereocenters. The van der Waals surface area contributed by atoms with Crippen molar-refractivity contribution in [2.75, 3.05) is 17.2 Å². The van der Waals surface area contributed by atoms with Gasteiger partial charge in [-0.1, -0.05) is 24.3 Å². The molecule has 0 radical (unpaired) electrons. The lowest BCUT2D eigenvalue weighted by molar-refractivity contribution is 0.591. The monoisotopic (exact) mass is 319 g/mol. The number of hydrogen-bond acceptors (Lipinski definition) is 4. The Morgan fingerprint density at radius 1 is 1.24 bits per heavy atom. The van der Waals surface area contributed by atoms with Gasteiger partial charge in [0.1, 0.15) is 0 Å². The second kappa shape index (κ2) is 5.39. The molecule has 0 aromatic heterocycles. The van der Waals surface area contributed by atoms with Crippen LogP contribution in [0.1, 0.15) is 17.0 Å². The van der Waals surface area contributed by atoms with Crippen molar-refractivity contribution in [2.45, 2.75) is 22.6 Å². The van der Waals surface area contributed by atoms with E-state index in [2.05, 4.69) is 0 Å². The molecule has 21 heavy (non-hydrogen) atoms. The second-order valence-corrected chi connectivity index (χ2v) is 8.43. The largest absolute Gasteiger partial charge is 0.398 e. The van der Waals surface area contributed by atoms with Gasteiger partial charge in [-0.25, -0.2) is 8.42 Å². The molecule has 0 fully saturated rings. The third-order valence-electron chi connectivity index (χ3n) is 3.72. The quantitative estimate of drug-likeness (QED) is 0.882. The van der Waals surface area contributed by atoms with Gasteiger partial charge in [0.15, 0.2) is 9.84 Å². The van der Waals surface area contributed by atoms with E-state index in [4.69, 9.17) is 5.73 Å². The predicted molar refractivity (Wildman–Crippen MR) is 87.6 cm³/mol. The molecule has 0 aliphatic carbocycles. The van der Waals surface area contributed by atoms with Gasteiger partial charge in [0.2, 0.25) is 0 Å². The smallest absolute Gasteiger partial charge is 0.181 e. The Morgan fingerprint density at radius 3 is 2.76 bits per heavy atom. The Bertz CT molecular complexity index is 785. The minimum Gasteiger partial charge on any atom is -0.398 e. The molecular formula is C16H17NO2S2. The summed E-state index contributed by atoms with van der Waals surface area (Å²) in [5.74, 6) is 0.964. The number of benzene rings is 2. The summed E-state index contributed by atoms with van der Waals surface area (Å²) in [6, 6.07) is 13.1. The van der Waals surface area contributed by atoms with Gasteiger partial charge >= 0.3 is 0 Å². The molecule has 3 rings (SSSR count). The fraction of sp³-hybridized carbons (Fsp3) is 0.250. The minimum atomic E-state index is -3.37. The fourth-order valence-corrected chi connectivity index (χ4v) is 5.78. The lowest BCUT2D eigenvalue weighted by Crippen LogP contribution is -2.16. The number of nitrogen functional groups attached to an aromatic ring is 1. The van der Waals surface area contributed by atoms with E-state index in [0.29, 0.717) is 5.69 Å². The highest BCUT2D eigenvalue weighted by Crippen LogP contribution is 2.40. The fourth-order valence-electron chi connectivity index (χ4n) is 2.67. The maximum absolute atomic E-state index is 12.6.